The minimum absolute atomic E-state index is 0.367. The molecule has 0 fully saturated rings. The predicted molar refractivity (Wildman–Crippen MR) is 84.4 cm³/mol. The largest absolute Gasteiger partial charge is 0.444 e. The number of imidazole rings is 1. The highest BCUT2D eigenvalue weighted by molar-refractivity contribution is 5.67. The second-order valence-corrected chi connectivity index (χ2v) is 6.32. The number of carbonyl (C=O) groups excluding carboxylic acids is 1. The molecule has 0 aliphatic carbocycles. The molecule has 1 heterocycles. The van der Waals surface area contributed by atoms with Crippen molar-refractivity contribution >= 4 is 6.09 Å². The molecule has 0 saturated heterocycles. The molecule has 1 rings (SSSR count). The highest BCUT2D eigenvalue weighted by Crippen LogP contribution is 2.19. The lowest BCUT2D eigenvalue weighted by Crippen LogP contribution is -2.33. The summed E-state index contributed by atoms with van der Waals surface area (Å²) in [5.41, 5.74) is 0.701. The van der Waals surface area contributed by atoms with Crippen LogP contribution < -0.4 is 5.32 Å². The van der Waals surface area contributed by atoms with Gasteiger partial charge in [-0.25, -0.2) is 9.78 Å². The van der Waals surface area contributed by atoms with E-state index in [2.05, 4.69) is 28.7 Å². The summed E-state index contributed by atoms with van der Waals surface area (Å²) in [6, 6.07) is 0.494. The van der Waals surface area contributed by atoms with Gasteiger partial charge in [0.1, 0.15) is 5.60 Å². The fourth-order valence-electron chi connectivity index (χ4n) is 2.33. The Morgan fingerprint density at radius 3 is 2.71 bits per heavy atom. The molecule has 1 aromatic rings. The molecule has 0 aromatic carbocycles. The lowest BCUT2D eigenvalue weighted by atomic mass is 10.1. The normalized spacial score (nSPS) is 13.0. The Labute approximate surface area is 128 Å². The van der Waals surface area contributed by atoms with Gasteiger partial charge in [0, 0.05) is 30.9 Å². The number of nitrogens with one attached hydrogen (secondary N) is 1. The number of carbonyl (C=O) groups is 1. The van der Waals surface area contributed by atoms with Crippen LogP contribution >= 0.6 is 0 Å². The van der Waals surface area contributed by atoms with Gasteiger partial charge in [-0.15, -0.1) is 0 Å². The molecule has 1 unspecified atom stereocenters. The SMILES string of the molecule is CCCC(CC)n1cncc1CCNC(=O)OC(C)(C)C. The zero-order valence-electron chi connectivity index (χ0n) is 14.0. The summed E-state index contributed by atoms with van der Waals surface area (Å²) in [7, 11) is 0. The third kappa shape index (κ3) is 6.19. The fourth-order valence-corrected chi connectivity index (χ4v) is 2.33. The van der Waals surface area contributed by atoms with E-state index in [0.717, 1.165) is 31.4 Å². The number of alkyl carbamates (subject to hydrolysis) is 1. The van der Waals surface area contributed by atoms with Crippen molar-refractivity contribution in [2.75, 3.05) is 6.54 Å². The van der Waals surface area contributed by atoms with Gasteiger partial charge in [-0.3, -0.25) is 0 Å². The van der Waals surface area contributed by atoms with E-state index in [1.165, 1.54) is 0 Å². The molecule has 5 nitrogen and oxygen atoms in total. The minimum Gasteiger partial charge on any atom is -0.444 e. The quantitative estimate of drug-likeness (QED) is 0.834. The van der Waals surface area contributed by atoms with Crippen LogP contribution in [0.1, 0.15) is 65.6 Å². The van der Waals surface area contributed by atoms with Gasteiger partial charge in [0.25, 0.3) is 0 Å². The van der Waals surface area contributed by atoms with Gasteiger partial charge in [-0.1, -0.05) is 20.3 Å². The summed E-state index contributed by atoms with van der Waals surface area (Å²) < 4.78 is 7.46. The summed E-state index contributed by atoms with van der Waals surface area (Å²) in [6.07, 6.45) is 7.58. The van der Waals surface area contributed by atoms with Crippen LogP contribution in [0.15, 0.2) is 12.5 Å². The summed E-state index contributed by atoms with van der Waals surface area (Å²) in [4.78, 5) is 15.9. The Balaban J connectivity index is 2.49. The Morgan fingerprint density at radius 1 is 1.43 bits per heavy atom. The molecular formula is C16H29N3O2. The zero-order chi connectivity index (χ0) is 15.9. The Hall–Kier alpha value is -1.52. The first kappa shape index (κ1) is 17.5. The van der Waals surface area contributed by atoms with Crippen LogP contribution in [0.2, 0.25) is 0 Å². The van der Waals surface area contributed by atoms with Crippen molar-refractivity contribution in [2.24, 2.45) is 0 Å². The summed E-state index contributed by atoms with van der Waals surface area (Å²) in [5.74, 6) is 0. The summed E-state index contributed by atoms with van der Waals surface area (Å²) >= 11 is 0. The number of hydrogen-bond acceptors (Lipinski definition) is 3. The minimum atomic E-state index is -0.458. The van der Waals surface area contributed by atoms with E-state index in [1.807, 2.05) is 33.3 Å². The Bertz CT molecular complexity index is 435. The van der Waals surface area contributed by atoms with Crippen molar-refractivity contribution in [1.82, 2.24) is 14.9 Å². The maximum Gasteiger partial charge on any atom is 0.407 e. The van der Waals surface area contributed by atoms with Crippen LogP contribution in [0.4, 0.5) is 4.79 Å². The maximum atomic E-state index is 11.6. The first-order chi connectivity index (χ1) is 9.87. The molecule has 1 aromatic heterocycles. The molecule has 1 atom stereocenters. The molecular weight excluding hydrogens is 266 g/mol. The third-order valence-corrected chi connectivity index (χ3v) is 3.28. The molecule has 1 N–H and O–H groups in total. The van der Waals surface area contributed by atoms with E-state index in [0.29, 0.717) is 12.6 Å². The first-order valence-corrected chi connectivity index (χ1v) is 7.85. The number of ether oxygens (including phenoxy) is 1. The van der Waals surface area contributed by atoms with Crippen LogP contribution in [-0.2, 0) is 11.2 Å². The molecule has 0 aliphatic rings. The second kappa shape index (κ2) is 8.05. The second-order valence-electron chi connectivity index (χ2n) is 6.32. The first-order valence-electron chi connectivity index (χ1n) is 7.85. The van der Waals surface area contributed by atoms with Crippen molar-refractivity contribution in [3.05, 3.63) is 18.2 Å². The summed E-state index contributed by atoms with van der Waals surface area (Å²) in [6.45, 7) is 10.5. The molecule has 0 saturated carbocycles. The van der Waals surface area contributed by atoms with Crippen LogP contribution in [0.3, 0.4) is 0 Å². The lowest BCUT2D eigenvalue weighted by Gasteiger charge is -2.20. The molecule has 0 aliphatic heterocycles. The smallest absolute Gasteiger partial charge is 0.407 e. The Kier molecular flexibility index (Phi) is 6.72. The van der Waals surface area contributed by atoms with Gasteiger partial charge in [0.05, 0.1) is 6.33 Å². The topological polar surface area (TPSA) is 56.2 Å². The predicted octanol–water partition coefficient (Wildman–Crippen LogP) is 3.70. The van der Waals surface area contributed by atoms with E-state index in [4.69, 9.17) is 4.74 Å². The molecule has 120 valence electrons. The van der Waals surface area contributed by atoms with Crippen LogP contribution in [0.25, 0.3) is 0 Å². The molecule has 0 bridgehead atoms. The standard InChI is InChI=1S/C16H29N3O2/c1-6-8-13(7-2)19-12-17-11-14(19)9-10-18-15(20)21-16(3,4)5/h11-13H,6-10H2,1-5H3,(H,18,20). The molecule has 21 heavy (non-hydrogen) atoms. The average molecular weight is 295 g/mol. The van der Waals surface area contributed by atoms with Crippen LogP contribution in [0.5, 0.6) is 0 Å². The van der Waals surface area contributed by atoms with Crippen LogP contribution in [-0.4, -0.2) is 27.8 Å². The van der Waals surface area contributed by atoms with E-state index < -0.39 is 5.60 Å². The number of amides is 1. The van der Waals surface area contributed by atoms with E-state index in [9.17, 15) is 4.79 Å². The third-order valence-electron chi connectivity index (χ3n) is 3.28. The zero-order valence-corrected chi connectivity index (χ0v) is 14.0. The molecule has 5 heteroatoms. The van der Waals surface area contributed by atoms with Gasteiger partial charge in [-0.05, 0) is 33.6 Å². The van der Waals surface area contributed by atoms with Crippen molar-refractivity contribution < 1.29 is 9.53 Å². The van der Waals surface area contributed by atoms with Gasteiger partial charge < -0.3 is 14.6 Å². The summed E-state index contributed by atoms with van der Waals surface area (Å²) in [5, 5.41) is 2.79. The Morgan fingerprint density at radius 2 is 2.14 bits per heavy atom. The van der Waals surface area contributed by atoms with Crippen molar-refractivity contribution in [3.8, 4) is 0 Å². The average Bonchev–Trinajstić information content (AvgIpc) is 2.82. The van der Waals surface area contributed by atoms with E-state index in [-0.39, 0.29) is 6.09 Å². The molecule has 0 spiro atoms. The number of nitrogens with zero attached hydrogens (tertiary/aromatic N) is 2. The van der Waals surface area contributed by atoms with Gasteiger partial charge >= 0.3 is 6.09 Å². The van der Waals surface area contributed by atoms with Crippen molar-refractivity contribution in [2.45, 2.75) is 71.9 Å². The fraction of sp³-hybridized carbons (Fsp3) is 0.750. The van der Waals surface area contributed by atoms with E-state index in [1.54, 1.807) is 0 Å². The molecule has 1 amide bonds. The monoisotopic (exact) mass is 295 g/mol. The lowest BCUT2D eigenvalue weighted by molar-refractivity contribution is 0.0528. The number of aromatic nitrogens is 2. The van der Waals surface area contributed by atoms with Gasteiger partial charge in [0.2, 0.25) is 0 Å². The van der Waals surface area contributed by atoms with Crippen molar-refractivity contribution in [1.29, 1.82) is 0 Å². The molecule has 0 radical (unpaired) electrons. The van der Waals surface area contributed by atoms with Crippen molar-refractivity contribution in [3.63, 3.8) is 0 Å². The maximum absolute atomic E-state index is 11.6. The van der Waals surface area contributed by atoms with Crippen LogP contribution in [0, 0.1) is 0 Å². The number of rotatable bonds is 7. The van der Waals surface area contributed by atoms with Gasteiger partial charge in [-0.2, -0.15) is 0 Å². The highest BCUT2D eigenvalue weighted by Gasteiger charge is 2.16. The van der Waals surface area contributed by atoms with Gasteiger partial charge in [0.15, 0.2) is 0 Å². The van der Waals surface area contributed by atoms with E-state index >= 15 is 0 Å². The highest BCUT2D eigenvalue weighted by atomic mass is 16.6. The number of hydrogen-bond donors (Lipinski definition) is 1.